The van der Waals surface area contributed by atoms with E-state index >= 15 is 0 Å². The zero-order chi connectivity index (χ0) is 19.6. The second kappa shape index (κ2) is 11.0. The normalized spacial score (nSPS) is 11.7. The third kappa shape index (κ3) is 6.92. The van der Waals surface area contributed by atoms with Crippen LogP contribution in [0.1, 0.15) is 39.5 Å². The van der Waals surface area contributed by atoms with Crippen molar-refractivity contribution in [3.05, 3.63) is 53.6 Å². The molecule has 0 radical (unpaired) electrons. The van der Waals surface area contributed by atoms with Gasteiger partial charge in [0.05, 0.1) is 16.0 Å². The van der Waals surface area contributed by atoms with Gasteiger partial charge in [-0.05, 0) is 43.2 Å². The number of benzene rings is 2. The van der Waals surface area contributed by atoms with Crippen LogP contribution in [0, 0.1) is 0 Å². The number of carbonyl (C=O) groups is 2. The van der Waals surface area contributed by atoms with E-state index in [1.165, 1.54) is 11.8 Å². The molecule has 0 aliphatic carbocycles. The summed E-state index contributed by atoms with van der Waals surface area (Å²) in [7, 11) is 0. The van der Waals surface area contributed by atoms with Crippen molar-refractivity contribution in [1.29, 1.82) is 0 Å². The zero-order valence-electron chi connectivity index (χ0n) is 15.6. The van der Waals surface area contributed by atoms with E-state index in [1.54, 1.807) is 12.1 Å². The van der Waals surface area contributed by atoms with Crippen LogP contribution in [0.15, 0.2) is 53.4 Å². The molecule has 1 atom stereocenters. The van der Waals surface area contributed by atoms with E-state index in [9.17, 15) is 9.59 Å². The number of thioether (sulfide) groups is 1. The van der Waals surface area contributed by atoms with Crippen LogP contribution >= 0.6 is 23.4 Å². The third-order valence-corrected chi connectivity index (χ3v) is 5.64. The van der Waals surface area contributed by atoms with Gasteiger partial charge in [0.25, 0.3) is 0 Å². The van der Waals surface area contributed by atoms with Gasteiger partial charge in [-0.25, -0.2) is 0 Å². The van der Waals surface area contributed by atoms with Crippen LogP contribution in [0.5, 0.6) is 0 Å². The van der Waals surface area contributed by atoms with Crippen LogP contribution < -0.4 is 10.6 Å². The van der Waals surface area contributed by atoms with E-state index in [0.717, 1.165) is 23.4 Å². The van der Waals surface area contributed by atoms with Crippen LogP contribution in [-0.4, -0.2) is 17.1 Å². The SMILES string of the molecule is CCCCC(=O)Nc1cccc(SC(CC)C(=O)Nc2ccccc2Cl)c1. The molecule has 0 heterocycles. The Labute approximate surface area is 170 Å². The lowest BCUT2D eigenvalue weighted by Gasteiger charge is -2.16. The van der Waals surface area contributed by atoms with Crippen LogP contribution in [0.4, 0.5) is 11.4 Å². The van der Waals surface area contributed by atoms with E-state index in [0.29, 0.717) is 23.6 Å². The Balaban J connectivity index is 2.01. The Morgan fingerprint density at radius 1 is 1.07 bits per heavy atom. The number of hydrogen-bond acceptors (Lipinski definition) is 3. The van der Waals surface area contributed by atoms with Gasteiger partial charge >= 0.3 is 0 Å². The van der Waals surface area contributed by atoms with Gasteiger partial charge in [0.15, 0.2) is 0 Å². The number of halogens is 1. The number of hydrogen-bond donors (Lipinski definition) is 2. The maximum atomic E-state index is 12.6. The molecule has 2 aromatic carbocycles. The fourth-order valence-corrected chi connectivity index (χ4v) is 3.67. The van der Waals surface area contributed by atoms with E-state index in [-0.39, 0.29) is 17.1 Å². The Morgan fingerprint density at radius 2 is 1.85 bits per heavy atom. The monoisotopic (exact) mass is 404 g/mol. The fourth-order valence-electron chi connectivity index (χ4n) is 2.47. The van der Waals surface area contributed by atoms with Gasteiger partial charge in [-0.2, -0.15) is 0 Å². The van der Waals surface area contributed by atoms with E-state index in [1.807, 2.05) is 43.3 Å². The number of para-hydroxylation sites is 1. The molecule has 0 saturated heterocycles. The van der Waals surface area contributed by atoms with Crippen molar-refractivity contribution in [3.8, 4) is 0 Å². The molecule has 27 heavy (non-hydrogen) atoms. The molecule has 4 nitrogen and oxygen atoms in total. The minimum Gasteiger partial charge on any atom is -0.326 e. The Hall–Kier alpha value is -1.98. The van der Waals surface area contributed by atoms with Crippen LogP contribution in [0.2, 0.25) is 5.02 Å². The number of carbonyl (C=O) groups excluding carboxylic acids is 2. The first-order chi connectivity index (χ1) is 13.0. The first-order valence-electron chi connectivity index (χ1n) is 9.15. The molecular weight excluding hydrogens is 380 g/mol. The average Bonchev–Trinajstić information content (AvgIpc) is 2.66. The Kier molecular flexibility index (Phi) is 8.69. The van der Waals surface area contributed by atoms with Gasteiger partial charge in [0.1, 0.15) is 0 Å². The lowest BCUT2D eigenvalue weighted by molar-refractivity contribution is -0.116. The lowest BCUT2D eigenvalue weighted by Crippen LogP contribution is -2.24. The topological polar surface area (TPSA) is 58.2 Å². The standard InChI is InChI=1S/C21H25ClN2O2S/c1-3-5-13-20(25)23-15-9-8-10-16(14-15)27-19(4-2)21(26)24-18-12-7-6-11-17(18)22/h6-12,14,19H,3-5,13H2,1-2H3,(H,23,25)(H,24,26). The molecule has 2 rings (SSSR count). The van der Waals surface area contributed by atoms with E-state index < -0.39 is 0 Å². The van der Waals surface area contributed by atoms with Crippen LogP contribution in [-0.2, 0) is 9.59 Å². The summed E-state index contributed by atoms with van der Waals surface area (Å²) in [6.07, 6.45) is 3.06. The highest BCUT2D eigenvalue weighted by Gasteiger charge is 2.19. The van der Waals surface area contributed by atoms with Crippen LogP contribution in [0.3, 0.4) is 0 Å². The molecule has 0 aliphatic rings. The van der Waals surface area contributed by atoms with Gasteiger partial charge < -0.3 is 10.6 Å². The smallest absolute Gasteiger partial charge is 0.237 e. The van der Waals surface area contributed by atoms with Crippen LogP contribution in [0.25, 0.3) is 0 Å². The highest BCUT2D eigenvalue weighted by molar-refractivity contribution is 8.00. The highest BCUT2D eigenvalue weighted by Crippen LogP contribution is 2.29. The lowest BCUT2D eigenvalue weighted by atomic mass is 10.2. The summed E-state index contributed by atoms with van der Waals surface area (Å²) in [5, 5.41) is 6.06. The summed E-state index contributed by atoms with van der Waals surface area (Å²) >= 11 is 7.59. The summed E-state index contributed by atoms with van der Waals surface area (Å²) in [6.45, 7) is 4.03. The number of unbranched alkanes of at least 4 members (excludes halogenated alkanes) is 1. The highest BCUT2D eigenvalue weighted by atomic mass is 35.5. The molecule has 6 heteroatoms. The quantitative estimate of drug-likeness (QED) is 0.505. The van der Waals surface area contributed by atoms with Crippen molar-refractivity contribution < 1.29 is 9.59 Å². The van der Waals surface area contributed by atoms with Crippen molar-refractivity contribution in [2.45, 2.75) is 49.7 Å². The number of rotatable bonds is 9. The molecule has 0 fully saturated rings. The summed E-state index contributed by atoms with van der Waals surface area (Å²) in [5.41, 5.74) is 1.36. The number of anilines is 2. The Morgan fingerprint density at radius 3 is 2.56 bits per heavy atom. The molecule has 0 aromatic heterocycles. The fraction of sp³-hybridized carbons (Fsp3) is 0.333. The zero-order valence-corrected chi connectivity index (χ0v) is 17.2. The van der Waals surface area contributed by atoms with Gasteiger partial charge in [-0.15, -0.1) is 11.8 Å². The maximum Gasteiger partial charge on any atom is 0.237 e. The summed E-state index contributed by atoms with van der Waals surface area (Å²) in [6, 6.07) is 14.8. The molecule has 0 saturated carbocycles. The second-order valence-corrected chi connectivity index (χ2v) is 7.85. The van der Waals surface area contributed by atoms with Gasteiger partial charge in [-0.1, -0.05) is 50.1 Å². The summed E-state index contributed by atoms with van der Waals surface area (Å²) < 4.78 is 0. The van der Waals surface area contributed by atoms with Crippen molar-refractivity contribution in [2.75, 3.05) is 10.6 Å². The molecular formula is C21H25ClN2O2S. The molecule has 2 amide bonds. The molecule has 144 valence electrons. The second-order valence-electron chi connectivity index (χ2n) is 6.16. The predicted molar refractivity (Wildman–Crippen MR) is 115 cm³/mol. The van der Waals surface area contributed by atoms with E-state index in [2.05, 4.69) is 17.6 Å². The molecule has 2 N–H and O–H groups in total. The molecule has 0 bridgehead atoms. The minimum absolute atomic E-state index is 0.0162. The summed E-state index contributed by atoms with van der Waals surface area (Å²) in [4.78, 5) is 25.5. The first-order valence-corrected chi connectivity index (χ1v) is 10.4. The Bertz CT molecular complexity index is 782. The molecule has 2 aromatic rings. The van der Waals surface area contributed by atoms with Gasteiger partial charge in [0, 0.05) is 17.0 Å². The molecule has 0 spiro atoms. The predicted octanol–water partition coefficient (Wildman–Crippen LogP) is 5.98. The number of nitrogens with one attached hydrogen (secondary N) is 2. The van der Waals surface area contributed by atoms with Gasteiger partial charge in [0.2, 0.25) is 11.8 Å². The minimum atomic E-state index is -0.257. The molecule has 0 aliphatic heterocycles. The van der Waals surface area contributed by atoms with Crippen molar-refractivity contribution >= 4 is 46.6 Å². The van der Waals surface area contributed by atoms with E-state index in [4.69, 9.17) is 11.6 Å². The number of amides is 2. The summed E-state index contributed by atoms with van der Waals surface area (Å²) in [5.74, 6) is -0.0736. The largest absolute Gasteiger partial charge is 0.326 e. The van der Waals surface area contributed by atoms with Crippen molar-refractivity contribution in [2.24, 2.45) is 0 Å². The first kappa shape index (κ1) is 21.3. The maximum absolute atomic E-state index is 12.6. The van der Waals surface area contributed by atoms with Crippen molar-refractivity contribution in [1.82, 2.24) is 0 Å². The third-order valence-electron chi connectivity index (χ3n) is 3.95. The molecule has 1 unspecified atom stereocenters. The van der Waals surface area contributed by atoms with Gasteiger partial charge in [-0.3, -0.25) is 9.59 Å². The average molecular weight is 405 g/mol. The van der Waals surface area contributed by atoms with Crippen molar-refractivity contribution in [3.63, 3.8) is 0 Å².